The van der Waals surface area contributed by atoms with Crippen molar-refractivity contribution in [3.63, 3.8) is 0 Å². The van der Waals surface area contributed by atoms with Crippen LogP contribution in [0.1, 0.15) is 53.9 Å². The fraction of sp³-hybridized carbons (Fsp3) is 0.909. The Bertz CT molecular complexity index is 188. The van der Waals surface area contributed by atoms with Crippen molar-refractivity contribution in [3.05, 3.63) is 0 Å². The van der Waals surface area contributed by atoms with E-state index in [0.717, 1.165) is 19.3 Å². The molecular weight excluding hydrogens is 192 g/mol. The number of carbonyl (C=O) groups excluding carboxylic acids is 1. The van der Waals surface area contributed by atoms with Gasteiger partial charge in [0, 0.05) is 6.04 Å². The minimum atomic E-state index is -0.446. The van der Waals surface area contributed by atoms with E-state index in [1.165, 1.54) is 0 Å². The number of nitrogens with one attached hydrogen (secondary N) is 2. The summed E-state index contributed by atoms with van der Waals surface area (Å²) >= 11 is 0. The number of amides is 1. The van der Waals surface area contributed by atoms with E-state index in [4.69, 9.17) is 4.74 Å². The molecular formula is C11H24N2O2. The molecule has 4 nitrogen and oxygen atoms in total. The lowest BCUT2D eigenvalue weighted by atomic mass is 10.1. The molecule has 0 aliphatic carbocycles. The summed E-state index contributed by atoms with van der Waals surface area (Å²) in [6.07, 6.45) is 2.72. The second-order valence-electron chi connectivity index (χ2n) is 4.67. The van der Waals surface area contributed by atoms with Gasteiger partial charge in [-0.1, -0.05) is 20.3 Å². The second-order valence-corrected chi connectivity index (χ2v) is 4.67. The summed E-state index contributed by atoms with van der Waals surface area (Å²) in [4.78, 5) is 11.3. The number of hydrazine groups is 1. The van der Waals surface area contributed by atoms with Gasteiger partial charge in [-0.2, -0.15) is 0 Å². The molecule has 15 heavy (non-hydrogen) atoms. The zero-order chi connectivity index (χ0) is 11.9. The van der Waals surface area contributed by atoms with E-state index in [1.54, 1.807) is 0 Å². The lowest BCUT2D eigenvalue weighted by Gasteiger charge is -2.22. The van der Waals surface area contributed by atoms with Crippen LogP contribution in [0.4, 0.5) is 4.79 Å². The minimum Gasteiger partial charge on any atom is -0.443 e. The molecule has 2 N–H and O–H groups in total. The highest BCUT2D eigenvalue weighted by Gasteiger charge is 2.16. The van der Waals surface area contributed by atoms with Crippen LogP contribution in [-0.2, 0) is 4.74 Å². The van der Waals surface area contributed by atoms with E-state index >= 15 is 0 Å². The molecule has 0 radical (unpaired) electrons. The monoisotopic (exact) mass is 216 g/mol. The van der Waals surface area contributed by atoms with Crippen molar-refractivity contribution in [2.24, 2.45) is 0 Å². The van der Waals surface area contributed by atoms with Gasteiger partial charge < -0.3 is 4.74 Å². The molecule has 90 valence electrons. The van der Waals surface area contributed by atoms with E-state index in [2.05, 4.69) is 24.7 Å². The summed E-state index contributed by atoms with van der Waals surface area (Å²) in [7, 11) is 0. The normalized spacial score (nSPS) is 13.4. The van der Waals surface area contributed by atoms with Crippen LogP contribution in [0.5, 0.6) is 0 Å². The van der Waals surface area contributed by atoms with Crippen molar-refractivity contribution >= 4 is 6.09 Å². The summed E-state index contributed by atoms with van der Waals surface area (Å²) in [6, 6.07) is 0.322. The average molecular weight is 216 g/mol. The standard InChI is InChI=1S/C11H24N2O2/c1-6-8-9(7-2)12-13-10(14)15-11(3,4)5/h9,12H,6-8H2,1-5H3,(H,13,14). The van der Waals surface area contributed by atoms with E-state index < -0.39 is 11.7 Å². The summed E-state index contributed by atoms with van der Waals surface area (Å²) in [5.41, 5.74) is 5.09. The Labute approximate surface area is 92.7 Å². The van der Waals surface area contributed by atoms with Crippen LogP contribution in [0.25, 0.3) is 0 Å². The lowest BCUT2D eigenvalue weighted by Crippen LogP contribution is -2.46. The molecule has 0 aliphatic rings. The summed E-state index contributed by atoms with van der Waals surface area (Å²) < 4.78 is 5.10. The average Bonchev–Trinajstić information content (AvgIpc) is 2.09. The van der Waals surface area contributed by atoms with Crippen LogP contribution >= 0.6 is 0 Å². The van der Waals surface area contributed by atoms with Gasteiger partial charge in [0.25, 0.3) is 0 Å². The van der Waals surface area contributed by atoms with Crippen LogP contribution in [0.2, 0.25) is 0 Å². The fourth-order valence-corrected chi connectivity index (χ4v) is 1.19. The third-order valence-electron chi connectivity index (χ3n) is 1.91. The smallest absolute Gasteiger partial charge is 0.422 e. The largest absolute Gasteiger partial charge is 0.443 e. The molecule has 0 bridgehead atoms. The van der Waals surface area contributed by atoms with Crippen LogP contribution in [0.15, 0.2) is 0 Å². The molecule has 0 saturated carbocycles. The topological polar surface area (TPSA) is 50.4 Å². The summed E-state index contributed by atoms with van der Waals surface area (Å²) in [6.45, 7) is 9.74. The molecule has 0 rings (SSSR count). The molecule has 0 aromatic heterocycles. The Kier molecular flexibility index (Phi) is 6.32. The quantitative estimate of drug-likeness (QED) is 0.694. The van der Waals surface area contributed by atoms with Gasteiger partial charge in [-0.25, -0.2) is 10.2 Å². The first-order valence-electron chi connectivity index (χ1n) is 5.63. The molecule has 0 aliphatic heterocycles. The number of rotatable bonds is 5. The minimum absolute atomic E-state index is 0.322. The third kappa shape index (κ3) is 8.24. The predicted octanol–water partition coefficient (Wildman–Crippen LogP) is 2.59. The Morgan fingerprint density at radius 1 is 1.33 bits per heavy atom. The number of hydrogen-bond donors (Lipinski definition) is 2. The van der Waals surface area contributed by atoms with Crippen molar-refractivity contribution in [2.75, 3.05) is 0 Å². The molecule has 0 aromatic carbocycles. The van der Waals surface area contributed by atoms with Crippen molar-refractivity contribution in [1.82, 2.24) is 10.9 Å². The van der Waals surface area contributed by atoms with Gasteiger partial charge in [0.15, 0.2) is 0 Å². The zero-order valence-corrected chi connectivity index (χ0v) is 10.5. The number of ether oxygens (including phenoxy) is 1. The molecule has 0 saturated heterocycles. The molecule has 1 unspecified atom stereocenters. The van der Waals surface area contributed by atoms with Gasteiger partial charge in [0.2, 0.25) is 0 Å². The predicted molar refractivity (Wildman–Crippen MR) is 61.5 cm³/mol. The van der Waals surface area contributed by atoms with Crippen molar-refractivity contribution in [1.29, 1.82) is 0 Å². The van der Waals surface area contributed by atoms with Crippen molar-refractivity contribution in [2.45, 2.75) is 65.5 Å². The van der Waals surface area contributed by atoms with E-state index in [1.807, 2.05) is 20.8 Å². The summed E-state index contributed by atoms with van der Waals surface area (Å²) in [5, 5.41) is 0. The van der Waals surface area contributed by atoms with E-state index in [9.17, 15) is 4.79 Å². The Balaban J connectivity index is 3.78. The second kappa shape index (κ2) is 6.67. The van der Waals surface area contributed by atoms with Gasteiger partial charge in [-0.05, 0) is 33.6 Å². The maximum Gasteiger partial charge on any atom is 0.422 e. The first kappa shape index (κ1) is 14.2. The molecule has 1 atom stereocenters. The highest BCUT2D eigenvalue weighted by molar-refractivity contribution is 5.67. The highest BCUT2D eigenvalue weighted by atomic mass is 16.6. The Morgan fingerprint density at radius 3 is 2.33 bits per heavy atom. The van der Waals surface area contributed by atoms with Crippen molar-refractivity contribution in [3.8, 4) is 0 Å². The Hall–Kier alpha value is -0.770. The maximum atomic E-state index is 11.3. The molecule has 0 heterocycles. The first-order valence-corrected chi connectivity index (χ1v) is 5.63. The Morgan fingerprint density at radius 2 is 1.93 bits per heavy atom. The SMILES string of the molecule is CCCC(CC)NNC(=O)OC(C)(C)C. The van der Waals surface area contributed by atoms with Crippen LogP contribution < -0.4 is 10.9 Å². The first-order chi connectivity index (χ1) is 6.89. The van der Waals surface area contributed by atoms with E-state index in [-0.39, 0.29) is 0 Å². The zero-order valence-electron chi connectivity index (χ0n) is 10.5. The van der Waals surface area contributed by atoms with Gasteiger partial charge in [0.1, 0.15) is 5.60 Å². The molecule has 0 aromatic rings. The van der Waals surface area contributed by atoms with Gasteiger partial charge in [-0.15, -0.1) is 0 Å². The van der Waals surface area contributed by atoms with E-state index in [0.29, 0.717) is 6.04 Å². The fourth-order valence-electron chi connectivity index (χ4n) is 1.19. The lowest BCUT2D eigenvalue weighted by molar-refractivity contribution is 0.0486. The van der Waals surface area contributed by atoms with Crippen LogP contribution in [0, 0.1) is 0 Å². The third-order valence-corrected chi connectivity index (χ3v) is 1.91. The number of carbonyl (C=O) groups is 1. The summed E-state index contributed by atoms with van der Waals surface area (Å²) in [5.74, 6) is 0. The van der Waals surface area contributed by atoms with Gasteiger partial charge in [0.05, 0.1) is 0 Å². The number of hydrogen-bond acceptors (Lipinski definition) is 3. The molecule has 0 fully saturated rings. The van der Waals surface area contributed by atoms with Gasteiger partial charge in [-0.3, -0.25) is 5.43 Å². The van der Waals surface area contributed by atoms with Crippen molar-refractivity contribution < 1.29 is 9.53 Å². The molecule has 0 spiro atoms. The van der Waals surface area contributed by atoms with Crippen LogP contribution in [-0.4, -0.2) is 17.7 Å². The van der Waals surface area contributed by atoms with Gasteiger partial charge >= 0.3 is 6.09 Å². The van der Waals surface area contributed by atoms with Crippen LogP contribution in [0.3, 0.4) is 0 Å². The maximum absolute atomic E-state index is 11.3. The highest BCUT2D eigenvalue weighted by Crippen LogP contribution is 2.06. The molecule has 4 heteroatoms. The molecule has 1 amide bonds.